The highest BCUT2D eigenvalue weighted by atomic mass is 35.5. The predicted octanol–water partition coefficient (Wildman–Crippen LogP) is 5.69. The Morgan fingerprint density at radius 2 is 0.851 bits per heavy atom. The molecule has 0 bridgehead atoms. The molecule has 0 radical (unpaired) electrons. The Balaban J connectivity index is 0.000000327. The molecule has 4 saturated heterocycles. The standard InChI is InChI=1S/C18H23N9O.C13H20ClN5O.C13H19ClN4O2.C7H16N2.C6H4Cl2N2O2.C5H4N4.CH5N.ClH/c1-20-18(28)17-14(22-9-12-3-5-27(2)6-4-12)7-15(25-26-17)24-16-11-21-13(8-19)10-23-16;1-15-13(20)12-10(7-11(14)17-18-12)16-8-9-3-5-19(2)6-4-9;1-18-5-3-9(4-6-18)8-15-10-7-11(14)16-17-12(10)13(19)20-2;1-9-4-2-7(6-8)3-5-9;1-12-6(11)5-3(7)2-4(8)9-10-5;6-1-4-2-9-5(7)3-8-4;1-2;/h7,10-12H,3-6,9H2,1-2H3,(H,20,28)(H2,22,23,24,25);7,9H,3-6,8H2,1-2H3,(H,15,20)(H,16,17);7,9H,3-6,8H2,1-2H3,(H,15,16);7H,2-6,8H2,1H3;2H,1H3;2-3H,(H2,7,9);2H2,1H3;1H. The monoisotopic (exact) mass is 1500 g/mol. The van der Waals surface area contributed by atoms with Crippen LogP contribution in [0.2, 0.25) is 20.5 Å². The first-order valence-corrected chi connectivity index (χ1v) is 33.5. The van der Waals surface area contributed by atoms with Gasteiger partial charge in [-0.1, -0.05) is 46.4 Å². The Bertz CT molecular complexity index is 3470. The summed E-state index contributed by atoms with van der Waals surface area (Å²) in [5.41, 5.74) is 18.2. The van der Waals surface area contributed by atoms with Crippen LogP contribution in [-0.2, 0) is 9.47 Å². The number of nitriles is 2. The van der Waals surface area contributed by atoms with Gasteiger partial charge in [0.15, 0.2) is 55.4 Å². The van der Waals surface area contributed by atoms with E-state index >= 15 is 0 Å². The minimum Gasteiger partial charge on any atom is -0.464 e. The number of halogens is 5. The van der Waals surface area contributed by atoms with Gasteiger partial charge in [-0.05, 0) is 175 Å². The van der Waals surface area contributed by atoms with Crippen LogP contribution in [0, 0.1) is 46.3 Å². The van der Waals surface area contributed by atoms with Crippen LogP contribution in [0.15, 0.2) is 49.1 Å². The molecule has 10 rings (SSSR count). The highest BCUT2D eigenvalue weighted by Crippen LogP contribution is 2.25. The summed E-state index contributed by atoms with van der Waals surface area (Å²) in [5, 5.41) is 65.9. The summed E-state index contributed by atoms with van der Waals surface area (Å²) in [6, 6.07) is 10.0. The number of likely N-dealkylation sites (tertiary alicyclic amines) is 4. The van der Waals surface area contributed by atoms with Crippen molar-refractivity contribution in [1.82, 2.24) is 91.0 Å². The van der Waals surface area contributed by atoms with E-state index < -0.39 is 11.9 Å². The fourth-order valence-electron chi connectivity index (χ4n) is 9.83. The second-order valence-electron chi connectivity index (χ2n) is 23.2. The van der Waals surface area contributed by atoms with Gasteiger partial charge in [-0.25, -0.2) is 29.5 Å². The van der Waals surface area contributed by atoms with Gasteiger partial charge in [-0.15, -0.1) is 53.2 Å². The third-order valence-electron chi connectivity index (χ3n) is 15.9. The second-order valence-corrected chi connectivity index (χ2v) is 24.8. The molecule has 33 nitrogen and oxygen atoms in total. The molecule has 0 atom stereocenters. The molecule has 0 saturated carbocycles. The van der Waals surface area contributed by atoms with Crippen LogP contribution >= 0.6 is 58.8 Å². The maximum atomic E-state index is 12.1. The van der Waals surface area contributed by atoms with Crippen LogP contribution in [0.1, 0.15) is 105 Å². The lowest BCUT2D eigenvalue weighted by molar-refractivity contribution is 0.0584. The lowest BCUT2D eigenvalue weighted by atomic mass is 9.97. The number of nitrogen functional groups attached to an aromatic ring is 1. The van der Waals surface area contributed by atoms with Crippen molar-refractivity contribution in [2.24, 2.45) is 35.1 Å². The molecule has 10 heterocycles. The van der Waals surface area contributed by atoms with E-state index in [4.69, 9.17) is 73.1 Å². The number of anilines is 6. The van der Waals surface area contributed by atoms with E-state index in [1.807, 2.05) is 12.1 Å². The van der Waals surface area contributed by atoms with E-state index in [9.17, 15) is 19.2 Å². The highest BCUT2D eigenvalue weighted by molar-refractivity contribution is 6.35. The minimum absolute atomic E-state index is 0. The van der Waals surface area contributed by atoms with Gasteiger partial charge in [0.05, 0.1) is 61.1 Å². The van der Waals surface area contributed by atoms with Crippen molar-refractivity contribution in [3.63, 3.8) is 0 Å². The normalized spacial score (nSPS) is 15.0. The van der Waals surface area contributed by atoms with Crippen LogP contribution in [0.25, 0.3) is 0 Å². The average molecular weight is 1500 g/mol. The van der Waals surface area contributed by atoms with Crippen molar-refractivity contribution < 1.29 is 28.7 Å². The molecule has 0 aromatic carbocycles. The number of amides is 2. The third-order valence-corrected chi connectivity index (χ3v) is 16.8. The summed E-state index contributed by atoms with van der Waals surface area (Å²) in [5.74, 6) is 2.02. The number of hydrogen-bond donors (Lipinski definition) is 9. The quantitative estimate of drug-likeness (QED) is 0.0525. The maximum Gasteiger partial charge on any atom is 0.360 e. The molecule has 550 valence electrons. The zero-order chi connectivity index (χ0) is 73.5. The third kappa shape index (κ3) is 31.5. The van der Waals surface area contributed by atoms with E-state index in [2.05, 4.69) is 151 Å². The molecule has 0 aliphatic carbocycles. The van der Waals surface area contributed by atoms with Gasteiger partial charge in [0.2, 0.25) is 0 Å². The van der Waals surface area contributed by atoms with Crippen molar-refractivity contribution in [2.45, 2.75) is 51.4 Å². The molecule has 4 aliphatic rings. The first-order valence-electron chi connectivity index (χ1n) is 32.0. The van der Waals surface area contributed by atoms with Gasteiger partial charge in [0.1, 0.15) is 23.8 Å². The summed E-state index contributed by atoms with van der Waals surface area (Å²) >= 11 is 22.8. The number of nitrogens with one attached hydrogen (secondary N) is 6. The number of hydrogen-bond acceptors (Lipinski definition) is 31. The average Bonchev–Trinajstić information content (AvgIpc) is 0.849. The molecule has 6 aromatic rings. The molecular weight excluding hydrogens is 1410 g/mol. The number of aromatic nitrogens is 12. The van der Waals surface area contributed by atoms with Gasteiger partial charge in [0.25, 0.3) is 11.8 Å². The van der Waals surface area contributed by atoms with Crippen LogP contribution in [0.5, 0.6) is 0 Å². The first kappa shape index (κ1) is 86.8. The smallest absolute Gasteiger partial charge is 0.360 e. The number of esters is 2. The van der Waals surface area contributed by atoms with Crippen molar-refractivity contribution in [3.8, 4) is 12.1 Å². The van der Waals surface area contributed by atoms with E-state index in [0.29, 0.717) is 52.3 Å². The summed E-state index contributed by atoms with van der Waals surface area (Å²) < 4.78 is 9.08. The topological polar surface area (TPSA) is 452 Å². The van der Waals surface area contributed by atoms with Crippen LogP contribution < -0.4 is 49.1 Å². The Morgan fingerprint density at radius 3 is 1.22 bits per heavy atom. The summed E-state index contributed by atoms with van der Waals surface area (Å²) in [6.07, 6.45) is 14.9. The van der Waals surface area contributed by atoms with Crippen LogP contribution in [0.3, 0.4) is 0 Å². The summed E-state index contributed by atoms with van der Waals surface area (Å²) in [7, 11) is 15.7. The minimum atomic E-state index is -0.635. The Kier molecular flexibility index (Phi) is 40.9. The zero-order valence-electron chi connectivity index (χ0n) is 58.2. The van der Waals surface area contributed by atoms with Gasteiger partial charge >= 0.3 is 11.9 Å². The summed E-state index contributed by atoms with van der Waals surface area (Å²) in [4.78, 5) is 71.1. The number of methoxy groups -OCH3 is 2. The zero-order valence-corrected chi connectivity index (χ0v) is 62.1. The lowest BCUT2D eigenvalue weighted by Crippen LogP contribution is -2.33. The van der Waals surface area contributed by atoms with Crippen molar-refractivity contribution in [2.75, 3.05) is 169 Å². The van der Waals surface area contributed by atoms with Gasteiger partial charge < -0.3 is 78.2 Å². The Labute approximate surface area is 615 Å². The lowest BCUT2D eigenvalue weighted by Gasteiger charge is -2.29. The van der Waals surface area contributed by atoms with Gasteiger partial charge in [0, 0.05) is 51.9 Å². The van der Waals surface area contributed by atoms with Crippen molar-refractivity contribution >= 4 is 117 Å². The van der Waals surface area contributed by atoms with Crippen LogP contribution in [-0.4, -0.2) is 246 Å². The number of ether oxygens (including phenoxy) is 2. The van der Waals surface area contributed by atoms with Gasteiger partial charge in [-0.3, -0.25) is 9.59 Å². The Hall–Kier alpha value is -8.45. The molecule has 4 fully saturated rings. The molecule has 101 heavy (non-hydrogen) atoms. The number of carbonyl (C=O) groups excluding carboxylic acids is 4. The number of piperidine rings is 4. The van der Waals surface area contributed by atoms with E-state index in [1.165, 1.54) is 78.1 Å². The molecule has 12 N–H and O–H groups in total. The number of carbonyl (C=O) groups is 4. The molecule has 0 spiro atoms. The van der Waals surface area contributed by atoms with Gasteiger partial charge in [-0.2, -0.15) is 10.5 Å². The summed E-state index contributed by atoms with van der Waals surface area (Å²) in [6.45, 7) is 12.3. The van der Waals surface area contributed by atoms with E-state index in [-0.39, 0.29) is 78.9 Å². The number of nitrogens with two attached hydrogens (primary N) is 3. The van der Waals surface area contributed by atoms with Crippen molar-refractivity contribution in [1.29, 1.82) is 10.5 Å². The predicted molar refractivity (Wildman–Crippen MR) is 392 cm³/mol. The molecule has 0 unspecified atom stereocenters. The SMILES string of the molecule is CN.CN1CCC(CN)CC1.CNC(=O)c1nnc(Cl)cc1NCC1CCN(C)CC1.CNC(=O)c1nnc(Nc2cnc(C#N)cn2)cc1NCC1CCN(C)CC1.COC(=O)c1nnc(Cl)cc1Cl.COC(=O)c1nnc(Cl)cc1NCC1CCN(C)CC1.Cl.N#Cc1cnc(N)cn1. The molecule has 6 aromatic heterocycles. The fraction of sp³-hybridized carbons (Fsp3) is 0.524. The first-order chi connectivity index (χ1) is 48.1. The van der Waals surface area contributed by atoms with Crippen molar-refractivity contribution in [3.05, 3.63) is 104 Å². The largest absolute Gasteiger partial charge is 0.464 e. The number of rotatable bonds is 16. The maximum absolute atomic E-state index is 12.1. The van der Waals surface area contributed by atoms with E-state index in [0.717, 1.165) is 110 Å². The molecule has 4 aliphatic heterocycles. The fourth-order valence-corrected chi connectivity index (χ4v) is 10.5. The second kappa shape index (κ2) is 47.6. The van der Waals surface area contributed by atoms with Crippen LogP contribution in [0.4, 0.5) is 34.5 Å². The Morgan fingerprint density at radius 1 is 0.495 bits per heavy atom. The number of nitrogens with zero attached hydrogens (tertiary/aromatic N) is 18. The molecule has 2 amide bonds. The van der Waals surface area contributed by atoms with E-state index in [1.54, 1.807) is 32.3 Å². The molecular formula is C63H92Cl5N27O6. The highest BCUT2D eigenvalue weighted by Gasteiger charge is 2.24. The molecule has 38 heteroatoms.